The Balaban J connectivity index is 1.18. The summed E-state index contributed by atoms with van der Waals surface area (Å²) in [5.41, 5.74) is 1.81. The van der Waals surface area contributed by atoms with Crippen LogP contribution in [0.2, 0.25) is 0 Å². The number of nitrogens with one attached hydrogen (secondary N) is 2. The molecule has 0 radical (unpaired) electrons. The zero-order valence-corrected chi connectivity index (χ0v) is 24.2. The van der Waals surface area contributed by atoms with Crippen molar-refractivity contribution in [3.63, 3.8) is 0 Å². The van der Waals surface area contributed by atoms with E-state index in [-0.39, 0.29) is 36.5 Å². The number of benzene rings is 2. The van der Waals surface area contributed by atoms with Gasteiger partial charge in [-0.3, -0.25) is 4.58 Å². The summed E-state index contributed by atoms with van der Waals surface area (Å²) in [7, 11) is 3.65. The van der Waals surface area contributed by atoms with Crippen LogP contribution < -0.4 is 10.6 Å². The molecule has 2 spiro atoms. The fourth-order valence-corrected chi connectivity index (χ4v) is 8.71. The number of ether oxygens (including phenoxy) is 4. The van der Waals surface area contributed by atoms with Crippen molar-refractivity contribution in [2.45, 2.75) is 112 Å². The molecule has 7 rings (SSSR count). The first-order valence-electron chi connectivity index (χ1n) is 15.2. The van der Waals surface area contributed by atoms with Gasteiger partial charge in [0.2, 0.25) is 0 Å². The van der Waals surface area contributed by atoms with Gasteiger partial charge in [-0.1, -0.05) is 60.7 Å². The third-order valence-electron chi connectivity index (χ3n) is 10.5. The number of rotatable bonds is 4. The molecule has 7 heteroatoms. The second-order valence-corrected chi connectivity index (χ2v) is 12.7. The maximum absolute atomic E-state index is 6.98. The molecule has 0 bridgehead atoms. The predicted molar refractivity (Wildman–Crippen MR) is 153 cm³/mol. The van der Waals surface area contributed by atoms with Crippen molar-refractivity contribution in [1.29, 1.82) is 0 Å². The summed E-state index contributed by atoms with van der Waals surface area (Å²) in [6.07, 6.45) is 5.86. The lowest BCUT2D eigenvalue weighted by atomic mass is 9.81. The van der Waals surface area contributed by atoms with E-state index in [0.29, 0.717) is 11.8 Å². The Bertz CT molecular complexity index is 1150. The molecule has 7 nitrogen and oxygen atoms in total. The molecule has 0 unspecified atom stereocenters. The van der Waals surface area contributed by atoms with Crippen LogP contribution in [0.3, 0.4) is 0 Å². The second kappa shape index (κ2) is 10.1. The quantitative estimate of drug-likeness (QED) is 0.552. The maximum atomic E-state index is 6.98. The summed E-state index contributed by atoms with van der Waals surface area (Å²) in [4.78, 5) is 0. The van der Waals surface area contributed by atoms with E-state index in [1.165, 1.54) is 11.1 Å². The molecular weight excluding hydrogens is 502 g/mol. The summed E-state index contributed by atoms with van der Waals surface area (Å²) in [6, 6.07) is 21.9. The smallest absolute Gasteiger partial charge is 0.351 e. The highest BCUT2D eigenvalue weighted by atomic mass is 16.5. The second-order valence-electron chi connectivity index (χ2n) is 12.7. The molecule has 0 saturated carbocycles. The lowest BCUT2D eigenvalue weighted by molar-refractivity contribution is -0.609. The molecular formula is C33H44N3O4+. The van der Waals surface area contributed by atoms with E-state index in [4.69, 9.17) is 18.9 Å². The molecule has 5 heterocycles. The number of methoxy groups -OCH3 is 2. The Morgan fingerprint density at radius 2 is 1.12 bits per heavy atom. The predicted octanol–water partition coefficient (Wildman–Crippen LogP) is 4.48. The van der Waals surface area contributed by atoms with Crippen LogP contribution in [0, 0.1) is 0 Å². The van der Waals surface area contributed by atoms with Crippen molar-refractivity contribution in [3.05, 3.63) is 71.8 Å². The van der Waals surface area contributed by atoms with Gasteiger partial charge in [-0.15, -0.1) is 0 Å². The van der Waals surface area contributed by atoms with Gasteiger partial charge in [0.05, 0.1) is 12.2 Å². The van der Waals surface area contributed by atoms with E-state index in [0.717, 1.165) is 44.5 Å². The summed E-state index contributed by atoms with van der Waals surface area (Å²) in [6.45, 7) is 4.46. The largest absolute Gasteiger partial charge is 0.375 e. The highest BCUT2D eigenvalue weighted by Crippen LogP contribution is 2.47. The van der Waals surface area contributed by atoms with Crippen LogP contribution in [-0.4, -0.2) is 72.7 Å². The van der Waals surface area contributed by atoms with E-state index >= 15 is 0 Å². The maximum Gasteiger partial charge on any atom is 0.351 e. The van der Waals surface area contributed by atoms with Crippen molar-refractivity contribution < 1.29 is 23.5 Å². The first-order valence-corrected chi connectivity index (χ1v) is 15.2. The van der Waals surface area contributed by atoms with E-state index in [2.05, 4.69) is 89.7 Å². The Kier molecular flexibility index (Phi) is 6.69. The summed E-state index contributed by atoms with van der Waals surface area (Å²) >= 11 is 0. The summed E-state index contributed by atoms with van der Waals surface area (Å²) in [5.74, 6) is 1.80. The van der Waals surface area contributed by atoms with Crippen LogP contribution in [0.5, 0.6) is 0 Å². The molecule has 0 aromatic heterocycles. The fraction of sp³-hybridized carbons (Fsp3) is 0.606. The van der Waals surface area contributed by atoms with Crippen LogP contribution in [0.1, 0.15) is 75.3 Å². The SMILES string of the molecule is CO[C@@H]1[C@@H](OC)[C@@H]2C[C@]3(CC[C@H](c4ccccc4)[C@@H](C)O3)NC3=[N+]2[C@H]1C[C@]1(CC[C@H](c2ccccc2)[C@@H](C)O1)N3. The van der Waals surface area contributed by atoms with Crippen molar-refractivity contribution >= 4 is 5.96 Å². The molecule has 10 atom stereocenters. The van der Waals surface area contributed by atoms with Crippen LogP contribution >= 0.6 is 0 Å². The minimum absolute atomic E-state index is 0.0373. The van der Waals surface area contributed by atoms with Crippen LogP contribution in [0.15, 0.2) is 60.7 Å². The van der Waals surface area contributed by atoms with E-state index in [9.17, 15) is 0 Å². The van der Waals surface area contributed by atoms with Gasteiger partial charge in [0, 0.05) is 51.7 Å². The number of guanidine groups is 1. The van der Waals surface area contributed by atoms with Gasteiger partial charge in [-0.2, -0.15) is 0 Å². The van der Waals surface area contributed by atoms with Crippen molar-refractivity contribution in [3.8, 4) is 0 Å². The highest BCUT2D eigenvalue weighted by Gasteiger charge is 2.64. The Morgan fingerprint density at radius 3 is 1.50 bits per heavy atom. The van der Waals surface area contributed by atoms with Crippen LogP contribution in [0.25, 0.3) is 0 Å². The molecule has 2 N–H and O–H groups in total. The molecule has 3 fully saturated rings. The Labute approximate surface area is 238 Å². The summed E-state index contributed by atoms with van der Waals surface area (Å²) in [5, 5.41) is 7.82. The van der Waals surface area contributed by atoms with Gasteiger partial charge in [0.15, 0.2) is 11.4 Å². The third-order valence-corrected chi connectivity index (χ3v) is 10.5. The standard InChI is InChI=1S/C33H43N3O4/c1-21-25(23-11-7-5-8-12-23)15-17-32(39-21)19-27-29(37-3)30(38-4)28-20-33(35-31(34-32)36(27)28)18-16-26(22(2)40-33)24-13-9-6-10-14-24/h5-14,21-22,25-30H,15-20H2,1-4H3,(H,34,35)/p+1/t21-,22-,25+,26+,27+,28+,29+,30+,32-,33-/m1/s1. The lowest BCUT2D eigenvalue weighted by Gasteiger charge is -2.50. The molecule has 40 heavy (non-hydrogen) atoms. The number of hydrogen-bond donors (Lipinski definition) is 2. The molecule has 2 aromatic rings. The van der Waals surface area contributed by atoms with Gasteiger partial charge < -0.3 is 18.9 Å². The van der Waals surface area contributed by atoms with Crippen molar-refractivity contribution in [2.24, 2.45) is 0 Å². The average Bonchev–Trinajstić information content (AvgIpc) is 3.26. The molecule has 214 valence electrons. The normalized spacial score (nSPS) is 42.4. The zero-order chi connectivity index (χ0) is 27.5. The van der Waals surface area contributed by atoms with Crippen LogP contribution in [-0.2, 0) is 18.9 Å². The van der Waals surface area contributed by atoms with Crippen molar-refractivity contribution in [2.75, 3.05) is 14.2 Å². The first-order chi connectivity index (χ1) is 19.4. The minimum atomic E-state index is -0.455. The Morgan fingerprint density at radius 1 is 0.700 bits per heavy atom. The highest BCUT2D eigenvalue weighted by molar-refractivity contribution is 5.78. The molecule has 2 aromatic carbocycles. The third kappa shape index (κ3) is 4.28. The molecule has 0 amide bonds. The van der Waals surface area contributed by atoms with E-state index in [1.807, 2.05) is 14.2 Å². The van der Waals surface area contributed by atoms with Gasteiger partial charge in [-0.25, -0.2) is 10.6 Å². The lowest BCUT2D eigenvalue weighted by Crippen LogP contribution is -2.73. The van der Waals surface area contributed by atoms with E-state index in [1.54, 1.807) is 0 Å². The first kappa shape index (κ1) is 26.4. The summed E-state index contributed by atoms with van der Waals surface area (Å²) < 4.78 is 28.8. The fourth-order valence-electron chi connectivity index (χ4n) is 8.71. The van der Waals surface area contributed by atoms with Gasteiger partial charge in [0.25, 0.3) is 0 Å². The molecule has 0 aliphatic carbocycles. The molecule has 3 saturated heterocycles. The van der Waals surface area contributed by atoms with Gasteiger partial charge in [0.1, 0.15) is 24.3 Å². The van der Waals surface area contributed by atoms with Crippen molar-refractivity contribution in [1.82, 2.24) is 10.6 Å². The molecule has 5 aliphatic rings. The Hall–Kier alpha value is -2.45. The topological polar surface area (TPSA) is 64.0 Å². The minimum Gasteiger partial charge on any atom is -0.375 e. The van der Waals surface area contributed by atoms with E-state index < -0.39 is 11.4 Å². The van der Waals surface area contributed by atoms with Crippen LogP contribution in [0.4, 0.5) is 0 Å². The van der Waals surface area contributed by atoms with Gasteiger partial charge >= 0.3 is 5.96 Å². The average molecular weight is 547 g/mol. The number of hydrogen-bond acceptors (Lipinski definition) is 6. The molecule has 5 aliphatic heterocycles. The number of nitrogens with zero attached hydrogens (tertiary/aromatic N) is 1. The van der Waals surface area contributed by atoms with Gasteiger partial charge in [-0.05, 0) is 37.8 Å². The zero-order valence-electron chi connectivity index (χ0n) is 24.2. The monoisotopic (exact) mass is 546 g/mol.